The molecule has 0 fully saturated rings. The molecule has 0 aliphatic carbocycles. The first kappa shape index (κ1) is 14.2. The highest BCUT2D eigenvalue weighted by molar-refractivity contribution is 7.21. The number of nitrogen functional groups attached to an aromatic ring is 1. The van der Waals surface area contributed by atoms with Crippen molar-refractivity contribution < 1.29 is 18.3 Å². The second kappa shape index (κ2) is 5.23. The number of hydrogen-bond acceptors (Lipinski definition) is 5. The number of nitrogens with two attached hydrogens (primary N) is 2. The number of carbonyl (C=O) groups is 1. The molecule has 0 spiro atoms. The fourth-order valence-corrected chi connectivity index (χ4v) is 2.89. The summed E-state index contributed by atoms with van der Waals surface area (Å²) in [6.45, 7) is 0. The van der Waals surface area contributed by atoms with Crippen molar-refractivity contribution in [1.82, 2.24) is 4.98 Å². The van der Waals surface area contributed by atoms with Crippen LogP contribution in [0.2, 0.25) is 0 Å². The Morgan fingerprint density at radius 2 is 2.00 bits per heavy atom. The molecule has 8 heteroatoms. The molecule has 0 radical (unpaired) electrons. The van der Waals surface area contributed by atoms with E-state index in [0.29, 0.717) is 16.3 Å². The lowest BCUT2D eigenvalue weighted by atomic mass is 10.2. The minimum absolute atomic E-state index is 0.123. The normalized spacial score (nSPS) is 10.8. The predicted molar refractivity (Wildman–Crippen MR) is 79.0 cm³/mol. The standard InChI is InChI=1S/C14H9F2N3O2S/c15-6-1-2-8(7(16)5-6)21-9-3-4-19-14-10(9)11(17)12(22-14)13(18)20/h1-5H,17H2,(H2,18,20). The van der Waals surface area contributed by atoms with E-state index < -0.39 is 17.5 Å². The number of rotatable bonds is 3. The van der Waals surface area contributed by atoms with E-state index in [1.165, 1.54) is 12.3 Å². The summed E-state index contributed by atoms with van der Waals surface area (Å²) in [5, 5.41) is 0.366. The Kier molecular flexibility index (Phi) is 3.38. The molecule has 2 heterocycles. The number of aromatic nitrogens is 1. The number of primary amides is 1. The van der Waals surface area contributed by atoms with E-state index in [2.05, 4.69) is 4.98 Å². The molecule has 0 unspecified atom stereocenters. The van der Waals surface area contributed by atoms with Gasteiger partial charge in [-0.15, -0.1) is 11.3 Å². The Bertz CT molecular complexity index is 895. The zero-order valence-corrected chi connectivity index (χ0v) is 11.8. The number of ether oxygens (including phenoxy) is 1. The smallest absolute Gasteiger partial charge is 0.260 e. The third kappa shape index (κ3) is 2.33. The van der Waals surface area contributed by atoms with Crippen LogP contribution >= 0.6 is 11.3 Å². The van der Waals surface area contributed by atoms with E-state index in [1.807, 2.05) is 0 Å². The first-order chi connectivity index (χ1) is 10.5. The maximum Gasteiger partial charge on any atom is 0.260 e. The molecule has 0 saturated heterocycles. The second-order valence-electron chi connectivity index (χ2n) is 4.38. The molecule has 22 heavy (non-hydrogen) atoms. The molecule has 2 aromatic heterocycles. The number of hydrogen-bond donors (Lipinski definition) is 2. The summed E-state index contributed by atoms with van der Waals surface area (Å²) >= 11 is 1.02. The highest BCUT2D eigenvalue weighted by Gasteiger charge is 2.19. The van der Waals surface area contributed by atoms with Crippen LogP contribution in [0.3, 0.4) is 0 Å². The Labute approximate surface area is 127 Å². The highest BCUT2D eigenvalue weighted by atomic mass is 32.1. The van der Waals surface area contributed by atoms with Gasteiger partial charge in [-0.1, -0.05) is 0 Å². The number of benzene rings is 1. The molecule has 112 valence electrons. The van der Waals surface area contributed by atoms with Crippen LogP contribution in [0, 0.1) is 11.6 Å². The second-order valence-corrected chi connectivity index (χ2v) is 5.37. The van der Waals surface area contributed by atoms with Crippen LogP contribution in [0.5, 0.6) is 11.5 Å². The van der Waals surface area contributed by atoms with Gasteiger partial charge in [-0.25, -0.2) is 13.8 Å². The number of fused-ring (bicyclic) bond motifs is 1. The summed E-state index contributed by atoms with van der Waals surface area (Å²) in [6, 6.07) is 4.41. The highest BCUT2D eigenvalue weighted by Crippen LogP contribution is 2.40. The molecule has 0 saturated carbocycles. The van der Waals surface area contributed by atoms with E-state index in [9.17, 15) is 13.6 Å². The minimum atomic E-state index is -0.853. The monoisotopic (exact) mass is 321 g/mol. The zero-order valence-electron chi connectivity index (χ0n) is 11.0. The fraction of sp³-hybridized carbons (Fsp3) is 0. The van der Waals surface area contributed by atoms with E-state index in [0.717, 1.165) is 23.5 Å². The lowest BCUT2D eigenvalue weighted by Crippen LogP contribution is -2.10. The van der Waals surface area contributed by atoms with Gasteiger partial charge in [0, 0.05) is 12.3 Å². The molecule has 1 amide bonds. The number of halogens is 2. The summed E-state index contributed by atoms with van der Waals surface area (Å²) in [4.78, 5) is 16.0. The fourth-order valence-electron chi connectivity index (χ4n) is 1.96. The lowest BCUT2D eigenvalue weighted by Gasteiger charge is -2.08. The number of pyridine rings is 1. The van der Waals surface area contributed by atoms with Crippen molar-refractivity contribution in [2.45, 2.75) is 0 Å². The van der Waals surface area contributed by atoms with Crippen LogP contribution in [-0.2, 0) is 0 Å². The lowest BCUT2D eigenvalue weighted by molar-refractivity contribution is 0.100. The van der Waals surface area contributed by atoms with Crippen LogP contribution < -0.4 is 16.2 Å². The van der Waals surface area contributed by atoms with Crippen molar-refractivity contribution in [3.05, 3.63) is 47.0 Å². The van der Waals surface area contributed by atoms with Gasteiger partial charge in [0.2, 0.25) is 0 Å². The van der Waals surface area contributed by atoms with E-state index in [4.69, 9.17) is 16.2 Å². The topological polar surface area (TPSA) is 91.2 Å². The van der Waals surface area contributed by atoms with Crippen molar-refractivity contribution in [2.75, 3.05) is 5.73 Å². The zero-order chi connectivity index (χ0) is 15.9. The third-order valence-corrected chi connectivity index (χ3v) is 4.06. The van der Waals surface area contributed by atoms with Gasteiger partial charge in [-0.05, 0) is 18.2 Å². The summed E-state index contributed by atoms with van der Waals surface area (Å²) in [5.41, 5.74) is 11.3. The van der Waals surface area contributed by atoms with Crippen molar-refractivity contribution in [2.24, 2.45) is 5.73 Å². The van der Waals surface area contributed by atoms with Gasteiger partial charge in [-0.3, -0.25) is 4.79 Å². The number of nitrogens with zero attached hydrogens (tertiary/aromatic N) is 1. The molecule has 3 rings (SSSR count). The number of thiophene rings is 1. The Morgan fingerprint density at radius 1 is 1.23 bits per heavy atom. The first-order valence-corrected chi connectivity index (χ1v) is 6.88. The Hall–Kier alpha value is -2.74. The molecular formula is C14H9F2N3O2S. The third-order valence-electron chi connectivity index (χ3n) is 2.93. The van der Waals surface area contributed by atoms with Gasteiger partial charge in [0.15, 0.2) is 11.6 Å². The SMILES string of the molecule is NC(=O)c1sc2nccc(Oc3ccc(F)cc3F)c2c1N. The molecule has 1 aromatic carbocycles. The molecule has 3 aromatic rings. The van der Waals surface area contributed by atoms with E-state index in [-0.39, 0.29) is 22.1 Å². The molecule has 4 N–H and O–H groups in total. The molecular weight excluding hydrogens is 312 g/mol. The predicted octanol–water partition coefficient (Wildman–Crippen LogP) is 3.05. The van der Waals surface area contributed by atoms with Crippen molar-refractivity contribution >= 4 is 33.1 Å². The van der Waals surface area contributed by atoms with E-state index >= 15 is 0 Å². The molecule has 0 atom stereocenters. The maximum absolute atomic E-state index is 13.7. The molecule has 0 aliphatic heterocycles. The van der Waals surface area contributed by atoms with E-state index in [1.54, 1.807) is 0 Å². The molecule has 5 nitrogen and oxygen atoms in total. The van der Waals surface area contributed by atoms with Gasteiger partial charge in [0.25, 0.3) is 5.91 Å². The van der Waals surface area contributed by atoms with Gasteiger partial charge in [0.1, 0.15) is 21.3 Å². The van der Waals surface area contributed by atoms with Gasteiger partial charge < -0.3 is 16.2 Å². The number of anilines is 1. The molecule has 0 aliphatic rings. The van der Waals surface area contributed by atoms with Crippen molar-refractivity contribution in [3.63, 3.8) is 0 Å². The molecule has 0 bridgehead atoms. The summed E-state index contributed by atoms with van der Waals surface area (Å²) in [7, 11) is 0. The van der Waals surface area contributed by atoms with Crippen LogP contribution in [0.4, 0.5) is 14.5 Å². The van der Waals surface area contributed by atoms with Crippen LogP contribution in [0.1, 0.15) is 9.67 Å². The Morgan fingerprint density at radius 3 is 2.68 bits per heavy atom. The number of carbonyl (C=O) groups excluding carboxylic acids is 1. The first-order valence-electron chi connectivity index (χ1n) is 6.07. The number of amides is 1. The van der Waals surface area contributed by atoms with Crippen LogP contribution in [0.25, 0.3) is 10.2 Å². The summed E-state index contributed by atoms with van der Waals surface area (Å²) < 4.78 is 32.1. The Balaban J connectivity index is 2.13. The largest absolute Gasteiger partial charge is 0.453 e. The minimum Gasteiger partial charge on any atom is -0.453 e. The van der Waals surface area contributed by atoms with Gasteiger partial charge in [-0.2, -0.15) is 0 Å². The average Bonchev–Trinajstić information content (AvgIpc) is 2.80. The van der Waals surface area contributed by atoms with Crippen LogP contribution in [-0.4, -0.2) is 10.9 Å². The van der Waals surface area contributed by atoms with Gasteiger partial charge in [0.05, 0.1) is 11.1 Å². The average molecular weight is 321 g/mol. The summed E-state index contributed by atoms with van der Waals surface area (Å²) in [5.74, 6) is -2.21. The summed E-state index contributed by atoms with van der Waals surface area (Å²) in [6.07, 6.45) is 1.43. The van der Waals surface area contributed by atoms with Gasteiger partial charge >= 0.3 is 0 Å². The van der Waals surface area contributed by atoms with Crippen LogP contribution in [0.15, 0.2) is 30.5 Å². The maximum atomic E-state index is 13.7. The van der Waals surface area contributed by atoms with Crippen molar-refractivity contribution in [3.8, 4) is 11.5 Å². The van der Waals surface area contributed by atoms with Crippen molar-refractivity contribution in [1.29, 1.82) is 0 Å². The quantitative estimate of drug-likeness (QED) is 0.775.